The molecule has 1 fully saturated rings. The van der Waals surface area contributed by atoms with Crippen molar-refractivity contribution in [1.82, 2.24) is 28.7 Å². The van der Waals surface area contributed by atoms with Gasteiger partial charge in [0.05, 0.1) is 33.2 Å². The largest absolute Gasteiger partial charge is 0.388 e. The lowest BCUT2D eigenvalue weighted by atomic mass is 9.78. The van der Waals surface area contributed by atoms with Crippen molar-refractivity contribution in [2.45, 2.75) is 122 Å². The third-order valence-corrected chi connectivity index (χ3v) is 12.5. The number of benzene rings is 2. The summed E-state index contributed by atoms with van der Waals surface area (Å²) in [5.74, 6) is 0. The Kier molecular flexibility index (Phi) is 8.06. The summed E-state index contributed by atoms with van der Waals surface area (Å²) < 4.78 is 63.1. The van der Waals surface area contributed by atoms with Gasteiger partial charge < -0.3 is 0 Å². The second-order valence-electron chi connectivity index (χ2n) is 18.8. The van der Waals surface area contributed by atoms with Crippen molar-refractivity contribution in [3.63, 3.8) is 0 Å². The van der Waals surface area contributed by atoms with Crippen LogP contribution in [0.5, 0.6) is 0 Å². The molecule has 0 saturated heterocycles. The molecule has 0 spiro atoms. The molecule has 1 aliphatic heterocycles. The average molecular weight is 789 g/mol. The second-order valence-corrected chi connectivity index (χ2v) is 18.8. The number of imidazole rings is 2. The molecule has 0 radical (unpaired) electrons. The number of hydrogen-bond acceptors (Lipinski definition) is 5. The van der Waals surface area contributed by atoms with Crippen molar-refractivity contribution in [3.05, 3.63) is 107 Å². The van der Waals surface area contributed by atoms with Crippen LogP contribution < -0.4 is 0 Å². The number of halogens is 4. The Morgan fingerprint density at radius 1 is 0.586 bits per heavy atom. The average Bonchev–Trinajstić information content (AvgIpc) is 3.91. The van der Waals surface area contributed by atoms with Gasteiger partial charge in [0.25, 0.3) is 0 Å². The molecular weight excluding hydrogens is 741 g/mol. The first-order chi connectivity index (χ1) is 27.2. The molecule has 11 heteroatoms. The summed E-state index contributed by atoms with van der Waals surface area (Å²) in [5, 5.41) is 3.94. The summed E-state index contributed by atoms with van der Waals surface area (Å²) in [6.45, 7) is 21.7. The van der Waals surface area contributed by atoms with E-state index in [-0.39, 0.29) is 16.3 Å². The standard InChI is InChI=1S/C25H27N3.C20H15F4N3O.C2H6/c1-23(2,3)21-10-15-6-9-28-20-12-18-17(24(4)7-8-25(18,5)14-24)11-19(20)27-22(28)16(15)13-26-21;1-18(2,3)16-6-10-4-5-27-15-8-13-12(19(21,22)28-20(13,23)24)7-14(15)26-17(27)11(10)9-25-16;1-2/h6,9-13H,7-8,14H2,1-5H3;4-9H,1-3H3;1-2H3. The van der Waals surface area contributed by atoms with Crippen molar-refractivity contribution >= 4 is 54.9 Å². The van der Waals surface area contributed by atoms with Crippen LogP contribution in [-0.2, 0) is 38.6 Å². The number of ether oxygens (including phenoxy) is 1. The summed E-state index contributed by atoms with van der Waals surface area (Å²) in [7, 11) is 0. The molecule has 7 nitrogen and oxygen atoms in total. The molecule has 7 heterocycles. The van der Waals surface area contributed by atoms with Crippen LogP contribution in [-0.4, -0.2) is 28.7 Å². The number of hydrogen-bond donors (Lipinski definition) is 0. The number of nitrogens with zero attached hydrogens (tertiary/aromatic N) is 6. The van der Waals surface area contributed by atoms with Crippen LogP contribution in [0.4, 0.5) is 17.6 Å². The molecule has 2 unspecified atom stereocenters. The zero-order valence-corrected chi connectivity index (χ0v) is 34.7. The molecule has 8 aromatic rings. The smallest absolute Gasteiger partial charge is 0.299 e. The highest BCUT2D eigenvalue weighted by atomic mass is 19.3. The first kappa shape index (κ1) is 38.4. The molecule has 58 heavy (non-hydrogen) atoms. The first-order valence-electron chi connectivity index (χ1n) is 20.1. The van der Waals surface area contributed by atoms with Crippen LogP contribution in [0, 0.1) is 0 Å². The van der Waals surface area contributed by atoms with Crippen LogP contribution in [0.25, 0.3) is 54.9 Å². The quantitative estimate of drug-likeness (QED) is 0.143. The van der Waals surface area contributed by atoms with Gasteiger partial charge in [-0.2, -0.15) is 17.6 Å². The molecule has 2 aliphatic carbocycles. The van der Waals surface area contributed by atoms with Gasteiger partial charge >= 0.3 is 12.2 Å². The predicted octanol–water partition coefficient (Wildman–Crippen LogP) is 12.5. The summed E-state index contributed by atoms with van der Waals surface area (Å²) in [5.41, 5.74) is 8.31. The Morgan fingerprint density at radius 3 is 1.43 bits per heavy atom. The van der Waals surface area contributed by atoms with Gasteiger partial charge in [-0.25, -0.2) is 14.7 Å². The van der Waals surface area contributed by atoms with Gasteiger partial charge in [-0.05, 0) is 101 Å². The minimum atomic E-state index is -4.06. The molecule has 1 saturated carbocycles. The zero-order chi connectivity index (χ0) is 41.5. The maximum absolute atomic E-state index is 13.9. The van der Waals surface area contributed by atoms with E-state index in [1.165, 1.54) is 35.7 Å². The van der Waals surface area contributed by atoms with Crippen molar-refractivity contribution in [2.24, 2.45) is 0 Å². The zero-order valence-electron chi connectivity index (χ0n) is 34.7. The van der Waals surface area contributed by atoms with Crippen molar-refractivity contribution < 1.29 is 22.3 Å². The molecule has 11 rings (SSSR count). The fourth-order valence-corrected chi connectivity index (χ4v) is 9.49. The van der Waals surface area contributed by atoms with E-state index in [9.17, 15) is 17.6 Å². The molecule has 2 aromatic carbocycles. The van der Waals surface area contributed by atoms with Crippen LogP contribution >= 0.6 is 0 Å². The topological polar surface area (TPSA) is 69.6 Å². The Balaban J connectivity index is 0.000000144. The SMILES string of the molecule is CC.CC(C)(C)c1cc2ccn3c4cc5c(cc4nc3c2cn1)C(F)(F)OC5(F)F.CC(C)(C)c1cc2ccn3c4cc5c(cc4nc3c2cn1)C1(C)CCC5(C)C1. The minimum absolute atomic E-state index is 0.0470. The summed E-state index contributed by atoms with van der Waals surface area (Å²) >= 11 is 0. The van der Waals surface area contributed by atoms with Crippen molar-refractivity contribution in [2.75, 3.05) is 0 Å². The van der Waals surface area contributed by atoms with E-state index >= 15 is 0 Å². The summed E-state index contributed by atoms with van der Waals surface area (Å²) in [6, 6.07) is 15.0. The highest BCUT2D eigenvalue weighted by molar-refractivity contribution is 5.99. The first-order valence-corrected chi connectivity index (χ1v) is 20.1. The van der Waals surface area contributed by atoms with Crippen LogP contribution in [0.3, 0.4) is 0 Å². The van der Waals surface area contributed by atoms with E-state index in [1.54, 1.807) is 22.4 Å². The van der Waals surface area contributed by atoms with Gasteiger partial charge in [0.1, 0.15) is 11.3 Å². The number of alkyl halides is 4. The Hall–Kier alpha value is -5.16. The molecule has 0 amide bonds. The number of pyridine rings is 4. The lowest BCUT2D eigenvalue weighted by Crippen LogP contribution is -2.17. The van der Waals surface area contributed by atoms with E-state index in [4.69, 9.17) is 9.97 Å². The molecule has 6 aromatic heterocycles. The van der Waals surface area contributed by atoms with Crippen LogP contribution in [0.2, 0.25) is 0 Å². The molecule has 300 valence electrons. The lowest BCUT2D eigenvalue weighted by Gasteiger charge is -2.26. The molecule has 2 bridgehead atoms. The third kappa shape index (κ3) is 5.62. The highest BCUT2D eigenvalue weighted by Gasteiger charge is 2.58. The normalized spacial score (nSPS) is 21.8. The van der Waals surface area contributed by atoms with Crippen LogP contribution in [0.1, 0.15) is 122 Å². The van der Waals surface area contributed by atoms with Gasteiger partial charge in [-0.1, -0.05) is 69.2 Å². The van der Waals surface area contributed by atoms with Crippen molar-refractivity contribution in [3.8, 4) is 0 Å². The van der Waals surface area contributed by atoms with E-state index in [1.807, 2.05) is 52.9 Å². The monoisotopic (exact) mass is 788 g/mol. The minimum Gasteiger partial charge on any atom is -0.299 e. The van der Waals surface area contributed by atoms with Gasteiger partial charge in [0.15, 0.2) is 0 Å². The Labute approximate surface area is 334 Å². The number of rotatable bonds is 0. The lowest BCUT2D eigenvalue weighted by molar-refractivity contribution is -0.369. The van der Waals surface area contributed by atoms with E-state index in [2.05, 4.69) is 84.2 Å². The van der Waals surface area contributed by atoms with Crippen molar-refractivity contribution in [1.29, 1.82) is 0 Å². The molecule has 3 aliphatic rings. The molecular formula is C47H48F4N6O. The predicted molar refractivity (Wildman–Crippen MR) is 222 cm³/mol. The highest BCUT2D eigenvalue weighted by Crippen LogP contribution is 2.61. The van der Waals surface area contributed by atoms with E-state index < -0.39 is 23.3 Å². The third-order valence-electron chi connectivity index (χ3n) is 12.5. The van der Waals surface area contributed by atoms with E-state index in [0.717, 1.165) is 45.5 Å². The maximum atomic E-state index is 13.9. The fraction of sp³-hybridized carbons (Fsp3) is 0.404. The fourth-order valence-electron chi connectivity index (χ4n) is 9.49. The van der Waals surface area contributed by atoms with Gasteiger partial charge in [0.2, 0.25) is 0 Å². The Morgan fingerprint density at radius 2 is 0.983 bits per heavy atom. The van der Waals surface area contributed by atoms with Crippen LogP contribution in [0.15, 0.2) is 73.3 Å². The number of fused-ring (bicyclic) bond motifs is 16. The van der Waals surface area contributed by atoms with Gasteiger partial charge in [-0.3, -0.25) is 18.8 Å². The Bertz CT molecular complexity index is 2840. The second kappa shape index (κ2) is 12.2. The summed E-state index contributed by atoms with van der Waals surface area (Å²) in [4.78, 5) is 18.7. The van der Waals surface area contributed by atoms with Gasteiger partial charge in [0, 0.05) is 57.8 Å². The molecule has 0 N–H and O–H groups in total. The summed E-state index contributed by atoms with van der Waals surface area (Å²) in [6.07, 6.45) is 3.34. The van der Waals surface area contributed by atoms with E-state index in [0.29, 0.717) is 27.4 Å². The number of aromatic nitrogens is 6. The maximum Gasteiger partial charge on any atom is 0.388 e. The molecule has 2 atom stereocenters. The van der Waals surface area contributed by atoms with Gasteiger partial charge in [-0.15, -0.1) is 0 Å².